The SMILES string of the molecule is O=C(O)C[C@@H]1CCN(Cc2ccccc2)C[C@@H]1CCN1C[C@H]2C[C@H](C1)c1cccc(=O)n1C2. The predicted molar refractivity (Wildman–Crippen MR) is 128 cm³/mol. The van der Waals surface area contributed by atoms with E-state index in [1.165, 1.54) is 17.7 Å². The minimum Gasteiger partial charge on any atom is -0.481 e. The van der Waals surface area contributed by atoms with Gasteiger partial charge in [-0.15, -0.1) is 0 Å². The van der Waals surface area contributed by atoms with Gasteiger partial charge < -0.3 is 14.6 Å². The summed E-state index contributed by atoms with van der Waals surface area (Å²) in [7, 11) is 0. The summed E-state index contributed by atoms with van der Waals surface area (Å²) < 4.78 is 1.99. The van der Waals surface area contributed by atoms with Crippen LogP contribution >= 0.6 is 0 Å². The molecule has 3 aliphatic heterocycles. The number of rotatable bonds is 7. The standard InChI is InChI=1S/C27H35N3O3/c31-26-8-4-7-25-24-13-21(17-30(25)26)16-29(19-24)12-10-23-18-28(11-9-22(23)14-27(32)33)15-20-5-2-1-3-6-20/h1-8,21-24H,9-19H2,(H,32,33)/t21-,22+,23+,24-/m1/s1. The molecule has 4 atom stereocenters. The Hall–Kier alpha value is -2.44. The van der Waals surface area contributed by atoms with Gasteiger partial charge >= 0.3 is 5.97 Å². The Kier molecular flexibility index (Phi) is 6.65. The summed E-state index contributed by atoms with van der Waals surface area (Å²) in [6.07, 6.45) is 3.47. The zero-order valence-corrected chi connectivity index (χ0v) is 19.3. The van der Waals surface area contributed by atoms with Crippen molar-refractivity contribution in [3.63, 3.8) is 0 Å². The molecule has 3 aliphatic rings. The van der Waals surface area contributed by atoms with Crippen LogP contribution in [0.1, 0.15) is 42.9 Å². The number of carboxylic acids is 1. The largest absolute Gasteiger partial charge is 0.481 e. The van der Waals surface area contributed by atoms with Gasteiger partial charge in [-0.1, -0.05) is 36.4 Å². The minimum absolute atomic E-state index is 0.132. The van der Waals surface area contributed by atoms with Crippen LogP contribution in [0, 0.1) is 17.8 Å². The average molecular weight is 450 g/mol. The number of carbonyl (C=O) groups is 1. The molecule has 1 aromatic heterocycles. The molecule has 4 heterocycles. The van der Waals surface area contributed by atoms with Crippen LogP contribution in [0.2, 0.25) is 0 Å². The number of aromatic nitrogens is 1. The summed E-state index contributed by atoms with van der Waals surface area (Å²) >= 11 is 0. The topological polar surface area (TPSA) is 65.8 Å². The molecule has 1 aromatic carbocycles. The zero-order valence-electron chi connectivity index (χ0n) is 19.3. The molecule has 0 radical (unpaired) electrons. The molecule has 0 saturated carbocycles. The van der Waals surface area contributed by atoms with Gasteiger partial charge in [0.15, 0.2) is 0 Å². The molecule has 33 heavy (non-hydrogen) atoms. The van der Waals surface area contributed by atoms with Crippen LogP contribution in [0.3, 0.4) is 0 Å². The highest BCUT2D eigenvalue weighted by molar-refractivity contribution is 5.67. The van der Waals surface area contributed by atoms with Crippen molar-refractivity contribution < 1.29 is 9.90 Å². The van der Waals surface area contributed by atoms with Gasteiger partial charge in [0, 0.05) is 56.8 Å². The number of hydrogen-bond donors (Lipinski definition) is 1. The number of hydrogen-bond acceptors (Lipinski definition) is 4. The summed E-state index contributed by atoms with van der Waals surface area (Å²) in [5.41, 5.74) is 2.65. The summed E-state index contributed by atoms with van der Waals surface area (Å²) in [5, 5.41) is 9.47. The van der Waals surface area contributed by atoms with Gasteiger partial charge in [-0.05, 0) is 61.7 Å². The fourth-order valence-electron chi connectivity index (χ4n) is 6.49. The molecule has 6 heteroatoms. The molecule has 6 nitrogen and oxygen atoms in total. The first kappa shape index (κ1) is 22.4. The van der Waals surface area contributed by atoms with E-state index in [-0.39, 0.29) is 17.9 Å². The first-order valence-corrected chi connectivity index (χ1v) is 12.5. The molecular weight excluding hydrogens is 414 g/mol. The Bertz CT molecular complexity index is 1020. The zero-order chi connectivity index (χ0) is 22.8. The first-order valence-electron chi connectivity index (χ1n) is 12.5. The Morgan fingerprint density at radius 2 is 1.79 bits per heavy atom. The van der Waals surface area contributed by atoms with E-state index in [1.807, 2.05) is 16.7 Å². The lowest BCUT2D eigenvalue weighted by Gasteiger charge is -2.44. The van der Waals surface area contributed by atoms with Crippen molar-refractivity contribution >= 4 is 5.97 Å². The fourth-order valence-corrected chi connectivity index (χ4v) is 6.49. The van der Waals surface area contributed by atoms with E-state index >= 15 is 0 Å². The summed E-state index contributed by atoms with van der Waals surface area (Å²) in [6, 6.07) is 16.3. The van der Waals surface area contributed by atoms with Crippen LogP contribution in [0.25, 0.3) is 0 Å². The Morgan fingerprint density at radius 1 is 0.939 bits per heavy atom. The second kappa shape index (κ2) is 9.82. The molecule has 2 bridgehead atoms. The van der Waals surface area contributed by atoms with Crippen molar-refractivity contribution in [1.29, 1.82) is 0 Å². The third kappa shape index (κ3) is 5.22. The highest BCUT2D eigenvalue weighted by Crippen LogP contribution is 2.36. The molecule has 176 valence electrons. The molecule has 2 aromatic rings. The Labute approximate surface area is 195 Å². The van der Waals surface area contributed by atoms with Gasteiger partial charge in [0.1, 0.15) is 0 Å². The van der Waals surface area contributed by atoms with Gasteiger partial charge in [-0.25, -0.2) is 0 Å². The lowest BCUT2D eigenvalue weighted by atomic mass is 9.80. The van der Waals surface area contributed by atoms with E-state index in [4.69, 9.17) is 0 Å². The normalized spacial score (nSPS) is 27.8. The number of carboxylic acid groups (broad SMARTS) is 1. The van der Waals surface area contributed by atoms with Gasteiger partial charge in [0.2, 0.25) is 0 Å². The van der Waals surface area contributed by atoms with Crippen molar-refractivity contribution in [3.05, 3.63) is 70.1 Å². The van der Waals surface area contributed by atoms with Crippen LogP contribution in [-0.4, -0.2) is 58.2 Å². The van der Waals surface area contributed by atoms with Crippen LogP contribution in [0.15, 0.2) is 53.3 Å². The molecule has 1 N–H and O–H groups in total. The molecule has 0 amide bonds. The Morgan fingerprint density at radius 3 is 2.61 bits per heavy atom. The van der Waals surface area contributed by atoms with Crippen LogP contribution in [0.5, 0.6) is 0 Å². The van der Waals surface area contributed by atoms with E-state index in [9.17, 15) is 14.7 Å². The predicted octanol–water partition coefficient (Wildman–Crippen LogP) is 3.27. The van der Waals surface area contributed by atoms with Crippen molar-refractivity contribution in [2.45, 2.75) is 44.7 Å². The number of likely N-dealkylation sites (tertiary alicyclic amines) is 2. The van der Waals surface area contributed by atoms with E-state index < -0.39 is 5.97 Å². The molecule has 0 spiro atoms. The van der Waals surface area contributed by atoms with E-state index in [1.54, 1.807) is 6.07 Å². The van der Waals surface area contributed by atoms with Crippen molar-refractivity contribution in [1.82, 2.24) is 14.4 Å². The minimum atomic E-state index is -0.670. The quantitative estimate of drug-likeness (QED) is 0.703. The van der Waals surface area contributed by atoms with Gasteiger partial charge in [-0.3, -0.25) is 14.5 Å². The number of fused-ring (bicyclic) bond motifs is 4. The smallest absolute Gasteiger partial charge is 0.303 e. The molecule has 2 fully saturated rings. The molecular formula is C27H35N3O3. The van der Waals surface area contributed by atoms with E-state index in [0.717, 1.165) is 58.7 Å². The van der Waals surface area contributed by atoms with Crippen LogP contribution < -0.4 is 5.56 Å². The lowest BCUT2D eigenvalue weighted by Crippen LogP contribution is -2.48. The highest BCUT2D eigenvalue weighted by atomic mass is 16.4. The monoisotopic (exact) mass is 449 g/mol. The van der Waals surface area contributed by atoms with Crippen molar-refractivity contribution in [2.24, 2.45) is 17.8 Å². The molecule has 2 saturated heterocycles. The van der Waals surface area contributed by atoms with Crippen molar-refractivity contribution in [3.8, 4) is 0 Å². The number of pyridine rings is 1. The third-order valence-electron chi connectivity index (χ3n) is 8.03. The molecule has 0 unspecified atom stereocenters. The molecule has 0 aliphatic carbocycles. The van der Waals surface area contributed by atoms with Gasteiger partial charge in [0.25, 0.3) is 5.56 Å². The maximum atomic E-state index is 12.3. The second-order valence-corrected chi connectivity index (χ2v) is 10.4. The van der Waals surface area contributed by atoms with E-state index in [0.29, 0.717) is 17.8 Å². The van der Waals surface area contributed by atoms with E-state index in [2.05, 4.69) is 40.1 Å². The summed E-state index contributed by atoms with van der Waals surface area (Å²) in [6.45, 7) is 6.79. The Balaban J connectivity index is 1.22. The fraction of sp³-hybridized carbons (Fsp3) is 0.556. The first-order chi connectivity index (χ1) is 16.0. The highest BCUT2D eigenvalue weighted by Gasteiger charge is 2.36. The van der Waals surface area contributed by atoms with Gasteiger partial charge in [0.05, 0.1) is 0 Å². The summed E-state index contributed by atoms with van der Waals surface area (Å²) in [4.78, 5) is 28.9. The van der Waals surface area contributed by atoms with Crippen LogP contribution in [0.4, 0.5) is 0 Å². The average Bonchev–Trinajstić information content (AvgIpc) is 2.80. The molecule has 5 rings (SSSR count). The number of aliphatic carboxylic acids is 1. The van der Waals surface area contributed by atoms with Crippen LogP contribution in [-0.2, 0) is 17.9 Å². The number of benzene rings is 1. The van der Waals surface area contributed by atoms with Gasteiger partial charge in [-0.2, -0.15) is 0 Å². The summed E-state index contributed by atoms with van der Waals surface area (Å²) in [5.74, 6) is 0.971. The maximum absolute atomic E-state index is 12.3. The van der Waals surface area contributed by atoms with Crippen molar-refractivity contribution in [2.75, 3.05) is 32.7 Å². The maximum Gasteiger partial charge on any atom is 0.303 e. The lowest BCUT2D eigenvalue weighted by molar-refractivity contribution is -0.139. The second-order valence-electron chi connectivity index (χ2n) is 10.4. The third-order valence-corrected chi connectivity index (χ3v) is 8.03. The number of piperidine rings is 2. The number of nitrogens with zero attached hydrogens (tertiary/aromatic N) is 3.